The SMILES string of the molecule is c1ccc([Si](c2ccc(-n3c4ccccc4c4ccccc43)cc2)(c2ccc(-n3c4ccccc4c4ccccc43)cc2)n2c3ccccc3c3ccccc32)cc1. The van der Waals surface area contributed by atoms with E-state index in [-0.39, 0.29) is 0 Å². The summed E-state index contributed by atoms with van der Waals surface area (Å²) >= 11 is 0. The topological polar surface area (TPSA) is 14.8 Å². The normalized spacial score (nSPS) is 12.1. The van der Waals surface area contributed by atoms with E-state index in [1.165, 1.54) is 81.0 Å². The van der Waals surface area contributed by atoms with E-state index in [4.69, 9.17) is 0 Å². The lowest BCUT2D eigenvalue weighted by Crippen LogP contribution is -2.72. The Morgan fingerprint density at radius 2 is 0.483 bits per heavy atom. The van der Waals surface area contributed by atoms with Crippen molar-refractivity contribution >= 4 is 89.2 Å². The molecule has 58 heavy (non-hydrogen) atoms. The van der Waals surface area contributed by atoms with E-state index in [1.54, 1.807) is 0 Å². The lowest BCUT2D eigenvalue weighted by Gasteiger charge is -2.36. The van der Waals surface area contributed by atoms with Crippen LogP contribution in [0.4, 0.5) is 0 Å². The number of fused-ring (bicyclic) bond motifs is 9. The van der Waals surface area contributed by atoms with Gasteiger partial charge in [0.1, 0.15) is 0 Å². The van der Waals surface area contributed by atoms with Crippen LogP contribution in [0, 0.1) is 0 Å². The molecule has 0 N–H and O–H groups in total. The van der Waals surface area contributed by atoms with Gasteiger partial charge in [-0.15, -0.1) is 0 Å². The van der Waals surface area contributed by atoms with E-state index in [9.17, 15) is 0 Å². The van der Waals surface area contributed by atoms with Gasteiger partial charge < -0.3 is 13.4 Å². The third-order valence-electron chi connectivity index (χ3n) is 12.4. The van der Waals surface area contributed by atoms with E-state index >= 15 is 0 Å². The molecular formula is C54H37N3Si. The van der Waals surface area contributed by atoms with Gasteiger partial charge in [0.25, 0.3) is 8.24 Å². The second-order valence-electron chi connectivity index (χ2n) is 15.3. The van der Waals surface area contributed by atoms with Crippen LogP contribution < -0.4 is 15.6 Å². The van der Waals surface area contributed by atoms with Crippen molar-refractivity contribution in [3.05, 3.63) is 224 Å². The monoisotopic (exact) mass is 755 g/mol. The number of hydrogen-bond acceptors (Lipinski definition) is 0. The molecule has 12 aromatic rings. The van der Waals surface area contributed by atoms with Gasteiger partial charge >= 0.3 is 0 Å². The zero-order chi connectivity index (χ0) is 38.2. The minimum absolute atomic E-state index is 1.15. The average molecular weight is 756 g/mol. The third kappa shape index (κ3) is 4.61. The van der Waals surface area contributed by atoms with Crippen LogP contribution in [0.25, 0.3) is 76.8 Å². The van der Waals surface area contributed by atoms with Crippen molar-refractivity contribution in [3.8, 4) is 11.4 Å². The van der Waals surface area contributed by atoms with E-state index in [2.05, 4.69) is 238 Å². The molecule has 272 valence electrons. The Balaban J connectivity index is 1.15. The smallest absolute Gasteiger partial charge is 0.257 e. The van der Waals surface area contributed by atoms with Crippen molar-refractivity contribution in [3.63, 3.8) is 0 Å². The summed E-state index contributed by atoms with van der Waals surface area (Å²) < 4.78 is 7.57. The Hall–Kier alpha value is -7.40. The van der Waals surface area contributed by atoms with Gasteiger partial charge in [-0.1, -0.05) is 164 Å². The maximum atomic E-state index is 2.73. The first-order chi connectivity index (χ1) is 28.8. The molecule has 0 aliphatic carbocycles. The number of para-hydroxylation sites is 6. The van der Waals surface area contributed by atoms with Crippen molar-refractivity contribution < 1.29 is 0 Å². The van der Waals surface area contributed by atoms with Gasteiger partial charge in [-0.3, -0.25) is 0 Å². The fourth-order valence-electron chi connectivity index (χ4n) is 9.96. The molecule has 9 aromatic carbocycles. The zero-order valence-corrected chi connectivity index (χ0v) is 32.7. The minimum Gasteiger partial charge on any atom is -0.355 e. The quantitative estimate of drug-likeness (QED) is 0.119. The number of nitrogens with zero attached hydrogens (tertiary/aromatic N) is 3. The molecule has 4 heteroatoms. The zero-order valence-electron chi connectivity index (χ0n) is 31.7. The predicted molar refractivity (Wildman–Crippen MR) is 248 cm³/mol. The molecule has 0 radical (unpaired) electrons. The van der Waals surface area contributed by atoms with E-state index < -0.39 is 8.24 Å². The van der Waals surface area contributed by atoms with Crippen molar-refractivity contribution in [1.82, 2.24) is 13.4 Å². The van der Waals surface area contributed by atoms with Crippen molar-refractivity contribution in [2.24, 2.45) is 0 Å². The number of aromatic nitrogens is 3. The van der Waals surface area contributed by atoms with Crippen LogP contribution in [-0.2, 0) is 0 Å². The Labute approximate surface area is 337 Å². The van der Waals surface area contributed by atoms with E-state index in [1.807, 2.05) is 0 Å². The summed E-state index contributed by atoms with van der Waals surface area (Å²) in [6, 6.07) is 83.3. The van der Waals surface area contributed by atoms with Gasteiger partial charge in [0.15, 0.2) is 0 Å². The molecule has 0 amide bonds. The highest BCUT2D eigenvalue weighted by atomic mass is 28.3. The Bertz CT molecular complexity index is 3180. The van der Waals surface area contributed by atoms with Crippen LogP contribution in [0.15, 0.2) is 224 Å². The fourth-order valence-corrected chi connectivity index (χ4v) is 14.8. The molecule has 0 saturated heterocycles. The summed E-state index contributed by atoms with van der Waals surface area (Å²) in [7, 11) is -3.11. The summed E-state index contributed by atoms with van der Waals surface area (Å²) in [5.41, 5.74) is 9.66. The molecule has 0 bridgehead atoms. The van der Waals surface area contributed by atoms with Crippen molar-refractivity contribution in [2.75, 3.05) is 0 Å². The minimum atomic E-state index is -3.11. The fraction of sp³-hybridized carbons (Fsp3) is 0. The maximum absolute atomic E-state index is 3.11. The number of benzene rings is 9. The van der Waals surface area contributed by atoms with Crippen LogP contribution in [-0.4, -0.2) is 21.6 Å². The number of rotatable bonds is 6. The third-order valence-corrected chi connectivity index (χ3v) is 17.0. The molecule has 0 saturated carbocycles. The number of hydrogen-bond donors (Lipinski definition) is 0. The van der Waals surface area contributed by atoms with Gasteiger partial charge in [0, 0.05) is 54.7 Å². The Morgan fingerprint density at radius 1 is 0.224 bits per heavy atom. The largest absolute Gasteiger partial charge is 0.355 e. The lowest BCUT2D eigenvalue weighted by atomic mass is 10.2. The molecular weight excluding hydrogens is 719 g/mol. The molecule has 0 aliphatic rings. The lowest BCUT2D eigenvalue weighted by molar-refractivity contribution is 1.18. The molecule has 0 unspecified atom stereocenters. The molecule has 0 atom stereocenters. The van der Waals surface area contributed by atoms with Crippen LogP contribution in [0.2, 0.25) is 0 Å². The van der Waals surface area contributed by atoms with Gasteiger partial charge in [0.05, 0.1) is 22.1 Å². The highest BCUT2D eigenvalue weighted by molar-refractivity contribution is 7.11. The molecule has 3 heterocycles. The first kappa shape index (κ1) is 32.8. The molecule has 12 rings (SSSR count). The Morgan fingerprint density at radius 3 is 0.828 bits per heavy atom. The standard InChI is InChI=1S/C54H37N3Si/c1-2-16-40(17-3-1)58(57-53-28-14-8-22-47(53)48-23-9-15-29-54(48)57,41-34-30-38(31-35-41)55-49-24-10-4-18-43(49)44-19-5-11-25-50(44)55)42-36-32-39(33-37-42)56-51-26-12-6-20-45(51)46-21-7-13-27-52(46)56/h1-37H. The van der Waals surface area contributed by atoms with Crippen LogP contribution >= 0.6 is 0 Å². The molecule has 0 fully saturated rings. The van der Waals surface area contributed by atoms with E-state index in [0.29, 0.717) is 0 Å². The summed E-state index contributed by atoms with van der Waals surface area (Å²) in [4.78, 5) is 0. The van der Waals surface area contributed by atoms with Gasteiger partial charge in [-0.2, -0.15) is 0 Å². The Kier molecular flexibility index (Phi) is 7.25. The van der Waals surface area contributed by atoms with Gasteiger partial charge in [-0.05, 0) is 76.2 Å². The highest BCUT2D eigenvalue weighted by Gasteiger charge is 2.44. The molecule has 3 aromatic heterocycles. The second kappa shape index (κ2) is 12.8. The first-order valence-electron chi connectivity index (χ1n) is 20.0. The predicted octanol–water partition coefficient (Wildman–Crippen LogP) is 11.5. The van der Waals surface area contributed by atoms with Crippen molar-refractivity contribution in [1.29, 1.82) is 0 Å². The second-order valence-corrected chi connectivity index (χ2v) is 18.9. The highest BCUT2D eigenvalue weighted by Crippen LogP contribution is 2.35. The molecule has 0 aliphatic heterocycles. The van der Waals surface area contributed by atoms with E-state index in [0.717, 1.165) is 11.4 Å². The first-order valence-corrected chi connectivity index (χ1v) is 22.0. The van der Waals surface area contributed by atoms with Gasteiger partial charge in [0.2, 0.25) is 0 Å². The van der Waals surface area contributed by atoms with Crippen LogP contribution in [0.3, 0.4) is 0 Å². The van der Waals surface area contributed by atoms with Crippen LogP contribution in [0.5, 0.6) is 0 Å². The van der Waals surface area contributed by atoms with Crippen molar-refractivity contribution in [2.45, 2.75) is 0 Å². The summed E-state index contributed by atoms with van der Waals surface area (Å²) in [6.45, 7) is 0. The molecule has 3 nitrogen and oxygen atoms in total. The molecule has 0 spiro atoms. The summed E-state index contributed by atoms with van der Waals surface area (Å²) in [6.07, 6.45) is 0. The summed E-state index contributed by atoms with van der Waals surface area (Å²) in [5, 5.41) is 11.6. The van der Waals surface area contributed by atoms with Gasteiger partial charge in [-0.25, -0.2) is 0 Å². The average Bonchev–Trinajstić information content (AvgIpc) is 3.94. The summed E-state index contributed by atoms with van der Waals surface area (Å²) in [5.74, 6) is 0. The maximum Gasteiger partial charge on any atom is 0.257 e. The van der Waals surface area contributed by atoms with Crippen LogP contribution in [0.1, 0.15) is 0 Å².